The summed E-state index contributed by atoms with van der Waals surface area (Å²) in [4.78, 5) is 29.2. The number of nitrogens with one attached hydrogen (secondary N) is 1. The lowest BCUT2D eigenvalue weighted by Crippen LogP contribution is -2.25. The van der Waals surface area contributed by atoms with E-state index in [4.69, 9.17) is 11.5 Å². The molecule has 1 heterocycles. The standard InChI is InChI=1S/C15H14N4O2/c16-4-6-19-11-2-1-10(17)12-13(11)15(21)9-7-18-5-3-8(9)14(12)20/h1-3,5,7,19H,4,6,16-17H2. The van der Waals surface area contributed by atoms with Gasteiger partial charge in [0.15, 0.2) is 11.6 Å². The molecule has 0 amide bonds. The Bertz CT molecular complexity index is 755. The number of hydrogen-bond acceptors (Lipinski definition) is 6. The first-order valence-corrected chi connectivity index (χ1v) is 6.55. The Morgan fingerprint density at radius 1 is 1.05 bits per heavy atom. The number of ketones is 2. The van der Waals surface area contributed by atoms with Gasteiger partial charge in [0.05, 0.1) is 16.7 Å². The summed E-state index contributed by atoms with van der Waals surface area (Å²) in [6.07, 6.45) is 2.90. The Hall–Kier alpha value is -2.73. The van der Waals surface area contributed by atoms with Gasteiger partial charge in [0, 0.05) is 42.4 Å². The maximum Gasteiger partial charge on any atom is 0.198 e. The van der Waals surface area contributed by atoms with Crippen LogP contribution in [0.4, 0.5) is 11.4 Å². The lowest BCUT2D eigenvalue weighted by atomic mass is 9.83. The van der Waals surface area contributed by atoms with Crippen LogP contribution in [0.1, 0.15) is 31.8 Å². The minimum absolute atomic E-state index is 0.250. The molecule has 106 valence electrons. The molecule has 1 aromatic heterocycles. The fourth-order valence-corrected chi connectivity index (χ4v) is 2.50. The Morgan fingerprint density at radius 2 is 1.81 bits per heavy atom. The molecule has 0 saturated carbocycles. The van der Waals surface area contributed by atoms with E-state index in [0.29, 0.717) is 41.2 Å². The highest BCUT2D eigenvalue weighted by Gasteiger charge is 2.33. The van der Waals surface area contributed by atoms with E-state index >= 15 is 0 Å². The molecular formula is C15H14N4O2. The molecule has 1 aliphatic rings. The second kappa shape index (κ2) is 4.99. The zero-order valence-electron chi connectivity index (χ0n) is 11.2. The molecule has 1 aromatic carbocycles. The monoisotopic (exact) mass is 282 g/mol. The van der Waals surface area contributed by atoms with E-state index in [1.807, 2.05) is 0 Å². The van der Waals surface area contributed by atoms with Crippen molar-refractivity contribution in [2.24, 2.45) is 5.73 Å². The summed E-state index contributed by atoms with van der Waals surface area (Å²) >= 11 is 0. The van der Waals surface area contributed by atoms with Gasteiger partial charge >= 0.3 is 0 Å². The maximum atomic E-state index is 12.7. The Balaban J connectivity index is 2.24. The van der Waals surface area contributed by atoms with E-state index in [9.17, 15) is 9.59 Å². The summed E-state index contributed by atoms with van der Waals surface area (Å²) in [5, 5.41) is 3.06. The number of carbonyl (C=O) groups excluding carboxylic acids is 2. The number of nitrogens with two attached hydrogens (primary N) is 2. The molecule has 0 unspecified atom stereocenters. The van der Waals surface area contributed by atoms with Crippen LogP contribution in [-0.2, 0) is 0 Å². The molecule has 6 heteroatoms. The number of nitrogens with zero attached hydrogens (tertiary/aromatic N) is 1. The molecule has 0 aliphatic heterocycles. The second-order valence-corrected chi connectivity index (χ2v) is 4.75. The van der Waals surface area contributed by atoms with E-state index in [2.05, 4.69) is 10.3 Å². The van der Waals surface area contributed by atoms with Gasteiger partial charge in [0.1, 0.15) is 0 Å². The molecule has 21 heavy (non-hydrogen) atoms. The maximum absolute atomic E-state index is 12.7. The van der Waals surface area contributed by atoms with Crippen molar-refractivity contribution in [1.82, 2.24) is 4.98 Å². The lowest BCUT2D eigenvalue weighted by Gasteiger charge is -2.21. The highest BCUT2D eigenvalue weighted by Crippen LogP contribution is 2.34. The number of benzene rings is 1. The molecule has 3 rings (SSSR count). The van der Waals surface area contributed by atoms with Crippen LogP contribution >= 0.6 is 0 Å². The Labute approximate surface area is 121 Å². The van der Waals surface area contributed by atoms with E-state index in [1.165, 1.54) is 18.5 Å². The summed E-state index contributed by atoms with van der Waals surface area (Å²) in [7, 11) is 0. The molecule has 0 spiro atoms. The van der Waals surface area contributed by atoms with Crippen molar-refractivity contribution in [3.8, 4) is 0 Å². The molecule has 1 aliphatic carbocycles. The van der Waals surface area contributed by atoms with Gasteiger partial charge in [-0.2, -0.15) is 0 Å². The van der Waals surface area contributed by atoms with Crippen molar-refractivity contribution >= 4 is 22.9 Å². The van der Waals surface area contributed by atoms with E-state index in [1.54, 1.807) is 12.1 Å². The van der Waals surface area contributed by atoms with E-state index < -0.39 is 0 Å². The molecule has 0 fully saturated rings. The van der Waals surface area contributed by atoms with Crippen molar-refractivity contribution in [1.29, 1.82) is 0 Å². The van der Waals surface area contributed by atoms with Crippen LogP contribution < -0.4 is 16.8 Å². The summed E-state index contributed by atoms with van der Waals surface area (Å²) in [6, 6.07) is 4.85. The predicted molar refractivity (Wildman–Crippen MR) is 79.5 cm³/mol. The highest BCUT2D eigenvalue weighted by molar-refractivity contribution is 6.31. The normalized spacial score (nSPS) is 12.8. The van der Waals surface area contributed by atoms with Gasteiger partial charge in [0.2, 0.25) is 0 Å². The van der Waals surface area contributed by atoms with Crippen LogP contribution in [0.5, 0.6) is 0 Å². The third-order valence-electron chi connectivity index (χ3n) is 3.46. The number of anilines is 2. The molecule has 0 radical (unpaired) electrons. The molecular weight excluding hydrogens is 268 g/mol. The quantitative estimate of drug-likeness (QED) is 0.613. The number of pyridine rings is 1. The zero-order chi connectivity index (χ0) is 15.0. The topological polar surface area (TPSA) is 111 Å². The van der Waals surface area contributed by atoms with Gasteiger partial charge in [-0.3, -0.25) is 14.6 Å². The molecule has 5 N–H and O–H groups in total. The minimum Gasteiger partial charge on any atom is -0.398 e. The van der Waals surface area contributed by atoms with Crippen LogP contribution in [-0.4, -0.2) is 29.6 Å². The second-order valence-electron chi connectivity index (χ2n) is 4.75. The number of rotatable bonds is 3. The summed E-state index contributed by atoms with van der Waals surface area (Å²) in [5.41, 5.74) is 13.4. The highest BCUT2D eigenvalue weighted by atomic mass is 16.1. The third kappa shape index (κ3) is 1.96. The smallest absolute Gasteiger partial charge is 0.198 e. The zero-order valence-corrected chi connectivity index (χ0v) is 11.2. The number of hydrogen-bond donors (Lipinski definition) is 3. The van der Waals surface area contributed by atoms with Gasteiger partial charge in [-0.25, -0.2) is 0 Å². The number of carbonyl (C=O) groups is 2. The first kappa shape index (κ1) is 13.3. The van der Waals surface area contributed by atoms with E-state index in [0.717, 1.165) is 0 Å². The van der Waals surface area contributed by atoms with Crippen LogP contribution in [0, 0.1) is 0 Å². The lowest BCUT2D eigenvalue weighted by molar-refractivity contribution is 0.0980. The average Bonchev–Trinajstić information content (AvgIpc) is 2.51. The fraction of sp³-hybridized carbons (Fsp3) is 0.133. The largest absolute Gasteiger partial charge is 0.398 e. The SMILES string of the molecule is NCCNc1ccc(N)c2c1C(=O)c1cnccc1C2=O. The van der Waals surface area contributed by atoms with Crippen LogP contribution in [0.2, 0.25) is 0 Å². The fourth-order valence-electron chi connectivity index (χ4n) is 2.50. The Kier molecular flexibility index (Phi) is 3.15. The van der Waals surface area contributed by atoms with Gasteiger partial charge in [0.25, 0.3) is 0 Å². The molecule has 0 saturated heterocycles. The van der Waals surface area contributed by atoms with Gasteiger partial charge in [-0.1, -0.05) is 0 Å². The molecule has 2 aromatic rings. The number of aromatic nitrogens is 1. The van der Waals surface area contributed by atoms with Gasteiger partial charge < -0.3 is 16.8 Å². The van der Waals surface area contributed by atoms with E-state index in [-0.39, 0.29) is 17.1 Å². The average molecular weight is 282 g/mol. The summed E-state index contributed by atoms with van der Waals surface area (Å²) < 4.78 is 0. The number of fused-ring (bicyclic) bond motifs is 2. The van der Waals surface area contributed by atoms with Crippen molar-refractivity contribution in [2.75, 3.05) is 24.1 Å². The molecule has 0 bridgehead atoms. The van der Waals surface area contributed by atoms with Crippen molar-refractivity contribution in [2.45, 2.75) is 0 Å². The number of nitrogen functional groups attached to an aromatic ring is 1. The first-order valence-electron chi connectivity index (χ1n) is 6.55. The summed E-state index contributed by atoms with van der Waals surface area (Å²) in [5.74, 6) is -0.504. The van der Waals surface area contributed by atoms with Crippen LogP contribution in [0.15, 0.2) is 30.6 Å². The first-order chi connectivity index (χ1) is 10.1. The van der Waals surface area contributed by atoms with Crippen molar-refractivity contribution < 1.29 is 9.59 Å². The van der Waals surface area contributed by atoms with Gasteiger partial charge in [-0.15, -0.1) is 0 Å². The predicted octanol–water partition coefficient (Wildman–Crippen LogP) is 0.810. The Morgan fingerprint density at radius 3 is 2.57 bits per heavy atom. The summed E-state index contributed by atoms with van der Waals surface area (Å²) in [6.45, 7) is 0.914. The minimum atomic E-state index is -0.254. The van der Waals surface area contributed by atoms with Crippen LogP contribution in [0.3, 0.4) is 0 Å². The van der Waals surface area contributed by atoms with Crippen LogP contribution in [0.25, 0.3) is 0 Å². The molecule has 6 nitrogen and oxygen atoms in total. The molecule has 0 atom stereocenters. The van der Waals surface area contributed by atoms with Gasteiger partial charge in [-0.05, 0) is 18.2 Å². The third-order valence-corrected chi connectivity index (χ3v) is 3.46. The van der Waals surface area contributed by atoms with Crippen molar-refractivity contribution in [3.05, 3.63) is 52.8 Å². The van der Waals surface area contributed by atoms with Crippen molar-refractivity contribution in [3.63, 3.8) is 0 Å².